The van der Waals surface area contributed by atoms with Crippen LogP contribution in [0, 0.1) is 0 Å². The molecule has 0 spiro atoms. The predicted octanol–water partition coefficient (Wildman–Crippen LogP) is -3.48. The van der Waals surface area contributed by atoms with Gasteiger partial charge in [-0.05, 0) is 56.2 Å². The Bertz CT molecular complexity index is 2640. The predicted molar refractivity (Wildman–Crippen MR) is 316 cm³/mol. The van der Waals surface area contributed by atoms with Crippen LogP contribution in [-0.4, -0.2) is 260 Å². The molecule has 0 aliphatic carbocycles. The maximum Gasteiger partial charge on any atom is 0.364 e. The number of carboxylic acids is 1. The summed E-state index contributed by atoms with van der Waals surface area (Å²) in [5.41, 5.74) is 8.89. The number of carbonyl (C=O) groups excluding carboxylic acids is 7. The van der Waals surface area contributed by atoms with Gasteiger partial charge in [0.15, 0.2) is 12.6 Å². The Morgan fingerprint density at radius 3 is 1.97 bits per heavy atom. The van der Waals surface area contributed by atoms with E-state index in [0.717, 1.165) is 51.7 Å². The van der Waals surface area contributed by atoms with E-state index in [0.29, 0.717) is 56.9 Å². The van der Waals surface area contributed by atoms with Crippen LogP contribution in [-0.2, 0) is 57.2 Å². The number of carbonyl (C=O) groups is 8. The van der Waals surface area contributed by atoms with E-state index in [2.05, 4.69) is 52.6 Å². The van der Waals surface area contributed by atoms with E-state index in [1.807, 2.05) is 11.8 Å². The van der Waals surface area contributed by atoms with Crippen LogP contribution in [0.3, 0.4) is 0 Å². The first-order valence-electron chi connectivity index (χ1n) is 30.4. The third-order valence-corrected chi connectivity index (χ3v) is 17.5. The number of hydrogen-bond donors (Lipinski definition) is 17. The molecule has 0 radical (unpaired) electrons. The zero-order chi connectivity index (χ0) is 66.4. The van der Waals surface area contributed by atoms with Crippen LogP contribution < -0.4 is 42.5 Å². The normalized spacial score (nSPS) is 30.9. The van der Waals surface area contributed by atoms with Crippen LogP contribution in [0.2, 0.25) is 0 Å². The lowest BCUT2D eigenvalue weighted by atomic mass is 9.88. The Hall–Kier alpha value is -6.12. The third kappa shape index (κ3) is 21.7. The monoisotopic (exact) mass is 1310 g/mol. The molecule has 35 heteroatoms. The highest BCUT2D eigenvalue weighted by Crippen LogP contribution is 2.37. The van der Waals surface area contributed by atoms with Gasteiger partial charge in [-0.2, -0.15) is 11.8 Å². The van der Waals surface area contributed by atoms with Gasteiger partial charge in [0.25, 0.3) is 11.7 Å². The Kier molecular flexibility index (Phi) is 29.5. The fraction of sp³-hybridized carbons (Fsp3) is 0.750. The molecule has 8 amide bonds. The number of urea groups is 1. The van der Waals surface area contributed by atoms with Crippen molar-refractivity contribution in [1.29, 1.82) is 0 Å². The number of hydrogen-bond acceptors (Lipinski definition) is 24. The lowest BCUT2D eigenvalue weighted by Gasteiger charge is -2.48. The number of nitrogens with zero attached hydrogens (tertiary/aromatic N) is 3. The van der Waals surface area contributed by atoms with E-state index in [9.17, 15) is 84.3 Å². The summed E-state index contributed by atoms with van der Waals surface area (Å²) < 4.78 is 34.7. The minimum atomic E-state index is -2.97. The second-order valence-electron chi connectivity index (χ2n) is 22.9. The Labute approximate surface area is 527 Å². The van der Waals surface area contributed by atoms with Gasteiger partial charge in [-0.15, -0.1) is 0 Å². The summed E-state index contributed by atoms with van der Waals surface area (Å²) in [7, 11) is 0. The van der Waals surface area contributed by atoms with Gasteiger partial charge >= 0.3 is 12.0 Å². The van der Waals surface area contributed by atoms with Crippen molar-refractivity contribution in [3.63, 3.8) is 0 Å². The number of aliphatic hydroxyl groups excluding tert-OH is 8. The number of unbranched alkanes of at least 4 members (excludes halogenated alkanes) is 5. The molecule has 5 aliphatic rings. The summed E-state index contributed by atoms with van der Waals surface area (Å²) in [5.74, 6) is -6.60. The largest absolute Gasteiger partial charge is 0.477 e. The lowest BCUT2D eigenvalue weighted by Crippen LogP contribution is -2.69. The van der Waals surface area contributed by atoms with Crippen molar-refractivity contribution in [2.24, 2.45) is 5.11 Å². The minimum absolute atomic E-state index is 0.00763. The van der Waals surface area contributed by atoms with Crippen LogP contribution in [0.5, 0.6) is 0 Å². The quantitative estimate of drug-likeness (QED) is 0.0102. The molecule has 0 saturated carbocycles. The molecule has 1 aromatic rings. The molecular weight excluding hydrogens is 1230 g/mol. The number of ether oxygens (including phenoxy) is 6. The molecule has 5 aliphatic heterocycles. The number of nitrogens with one attached hydrogen (secondary N) is 8. The summed E-state index contributed by atoms with van der Waals surface area (Å²) in [5, 5.41) is 125. The topological polar surface area (TPSA) is 519 Å². The van der Waals surface area contributed by atoms with Crippen molar-refractivity contribution < 1.29 is 113 Å². The third-order valence-electron chi connectivity index (χ3n) is 16.0. The fourth-order valence-corrected chi connectivity index (χ4v) is 12.7. The first kappa shape index (κ1) is 73.9. The molecule has 0 unspecified atom stereocenters. The summed E-state index contributed by atoms with van der Waals surface area (Å²) in [6.07, 6.45) is -18.1. The maximum atomic E-state index is 13.0. The van der Waals surface area contributed by atoms with Crippen LogP contribution >= 0.6 is 11.8 Å². The summed E-state index contributed by atoms with van der Waals surface area (Å²) in [6, 6.07) is 2.48. The average molecular weight is 1310 g/mol. The molecule has 5 fully saturated rings. The Balaban J connectivity index is 0.897. The van der Waals surface area contributed by atoms with Crippen LogP contribution in [0.25, 0.3) is 10.4 Å². The molecule has 0 aromatic heterocycles. The van der Waals surface area contributed by atoms with Gasteiger partial charge in [0, 0.05) is 92.9 Å². The van der Waals surface area contributed by atoms with Gasteiger partial charge in [0.2, 0.25) is 29.5 Å². The highest BCUT2D eigenvalue weighted by molar-refractivity contribution is 8.00. The number of aliphatic carboxylic acids is 1. The maximum absolute atomic E-state index is 13.0. The van der Waals surface area contributed by atoms with E-state index in [1.54, 1.807) is 0 Å². The number of fused-ring (bicyclic) bond motifs is 1. The van der Waals surface area contributed by atoms with Crippen molar-refractivity contribution in [1.82, 2.24) is 42.5 Å². The summed E-state index contributed by atoms with van der Waals surface area (Å²) in [4.78, 5) is 102. The number of carboxylic acid groups (broad SMARTS) is 1. The van der Waals surface area contributed by atoms with Crippen molar-refractivity contribution in [2.45, 2.75) is 212 Å². The van der Waals surface area contributed by atoms with Crippen LogP contribution in [0.4, 0.5) is 10.5 Å². The molecule has 17 N–H and O–H groups in total. The number of azide groups is 1. The van der Waals surface area contributed by atoms with Crippen molar-refractivity contribution in [3.8, 4) is 0 Å². The lowest BCUT2D eigenvalue weighted by molar-refractivity contribution is -0.359. The Morgan fingerprint density at radius 1 is 0.758 bits per heavy atom. The van der Waals surface area contributed by atoms with E-state index in [1.165, 1.54) is 24.3 Å². The van der Waals surface area contributed by atoms with Gasteiger partial charge in [-0.1, -0.05) is 36.5 Å². The van der Waals surface area contributed by atoms with Gasteiger partial charge < -0.3 is 117 Å². The molecule has 91 heavy (non-hydrogen) atoms. The molecular formula is C56H87N11O23S. The van der Waals surface area contributed by atoms with E-state index >= 15 is 0 Å². The van der Waals surface area contributed by atoms with Crippen molar-refractivity contribution in [3.05, 3.63) is 40.3 Å². The smallest absolute Gasteiger partial charge is 0.364 e. The second-order valence-corrected chi connectivity index (χ2v) is 24.2. The SMILES string of the molecule is CC(=O)N[C@H]1[C@H](OCCNC(=O)CCCCCNC(=O)CCCCCNC(=O)CCCC[C@@H]2SC[C@@H]3NC(=O)N[C@@H]32)O[C@H](CO)[C@@H](O[C@@H]2O[C@H](CO[C@]3(C(=O)O)C[C@H](O)[C@@H](NC(C)=O)[C@H]([C@@H](O)[C@@H](O)CNC(=O)c4ccc(N=[N+]=[N-])cc4)O3)[C@H](O)[C@H](O)[C@H]2O)[C@@H]1O. The molecule has 510 valence electrons. The number of amides is 8. The van der Waals surface area contributed by atoms with Gasteiger partial charge in [-0.3, -0.25) is 28.8 Å². The van der Waals surface area contributed by atoms with E-state index < -0.39 is 147 Å². The van der Waals surface area contributed by atoms with Gasteiger partial charge in [0.05, 0.1) is 50.2 Å². The Morgan fingerprint density at radius 2 is 1.36 bits per heavy atom. The molecule has 19 atom stereocenters. The number of rotatable bonds is 36. The number of aliphatic hydroxyl groups is 8. The first-order valence-corrected chi connectivity index (χ1v) is 31.5. The van der Waals surface area contributed by atoms with Crippen LogP contribution in [0.15, 0.2) is 29.4 Å². The molecule has 5 saturated heterocycles. The summed E-state index contributed by atoms with van der Waals surface area (Å²) >= 11 is 1.86. The molecule has 6 rings (SSSR count). The highest BCUT2D eigenvalue weighted by atomic mass is 32.2. The highest BCUT2D eigenvalue weighted by Gasteiger charge is 2.58. The van der Waals surface area contributed by atoms with Crippen LogP contribution in [0.1, 0.15) is 108 Å². The van der Waals surface area contributed by atoms with Gasteiger partial charge in [0.1, 0.15) is 61.0 Å². The molecule has 5 heterocycles. The van der Waals surface area contributed by atoms with E-state index in [4.69, 9.17) is 34.0 Å². The zero-order valence-corrected chi connectivity index (χ0v) is 51.4. The standard InChI is InChI=1S/C56H87N11O23S/c1-28(69)62-42-33(71)23-56(54(82)83,90-50(42)44(76)34(72)24-61-51(81)30-15-17-31(18-16-30)66-67-57)86-26-36-45(77)47(79)48(80)53(88-36)89-49-35(25-68)87-52(43(46(49)78)63-29(2)70)85-22-21-60-40(75)13-6-4-10-19-58-38(73)12-5-3-9-20-59-39(74)14-8-7-11-37-41-32(27-91-37)64-55(84)65-41/h15-18,32-37,41-50,52-53,68,71-72,76-80H,3-14,19-27H2,1-2H3,(H,58,73)(H,59,74)(H,60,75)(H,61,81)(H,62,69)(H,63,70)(H,82,83)(H2,64,65,84)/t32-,33-,34-,35+,36+,37-,41-,42+,43+,44-,45-,46+,47-,48+,49+,50+,52+,53-,56+/m0/s1. The number of thioether (sulfide) groups is 1. The number of benzene rings is 1. The second kappa shape index (κ2) is 36.4. The van der Waals surface area contributed by atoms with Crippen molar-refractivity contribution >= 4 is 64.9 Å². The molecule has 34 nitrogen and oxygen atoms in total. The fourth-order valence-electron chi connectivity index (χ4n) is 11.2. The first-order chi connectivity index (χ1) is 43.4. The average Bonchev–Trinajstić information content (AvgIpc) is 1.70. The zero-order valence-electron chi connectivity index (χ0n) is 50.5. The van der Waals surface area contributed by atoms with Gasteiger partial charge in [-0.25, -0.2) is 9.59 Å². The minimum Gasteiger partial charge on any atom is -0.477 e. The van der Waals surface area contributed by atoms with Crippen molar-refractivity contribution in [2.75, 3.05) is 51.8 Å². The molecule has 1 aromatic carbocycles. The van der Waals surface area contributed by atoms with E-state index in [-0.39, 0.29) is 66.7 Å². The summed E-state index contributed by atoms with van der Waals surface area (Å²) in [6.45, 7) is 0.241. The molecule has 0 bridgehead atoms.